The van der Waals surface area contributed by atoms with Gasteiger partial charge in [0.25, 0.3) is 0 Å². The number of ether oxygens (including phenoxy) is 2. The van der Waals surface area contributed by atoms with Crippen molar-refractivity contribution >= 4 is 23.6 Å². The van der Waals surface area contributed by atoms with E-state index in [0.29, 0.717) is 18.5 Å². The Bertz CT molecular complexity index is 1370. The van der Waals surface area contributed by atoms with Gasteiger partial charge in [-0.2, -0.15) is 0 Å². The number of benzene rings is 1. The molecule has 4 amide bonds. The van der Waals surface area contributed by atoms with Crippen LogP contribution in [0.4, 0.5) is 0 Å². The molecule has 13 nitrogen and oxygen atoms in total. The molecular formula is C43H74N6O7. The highest BCUT2D eigenvalue weighted by Crippen LogP contribution is 2.30. The number of carbonyl (C=O) groups is 4. The number of likely N-dealkylation sites (N-methyl/N-ethyl adjacent to an activating group) is 1. The summed E-state index contributed by atoms with van der Waals surface area (Å²) in [5, 5.41) is 20.4. The fraction of sp³-hybridized carbons (Fsp3) is 0.767. The average Bonchev–Trinajstić information content (AvgIpc) is 3.51. The number of amides is 4. The molecule has 1 aromatic rings. The molecule has 2 saturated heterocycles. The highest BCUT2D eigenvalue weighted by molar-refractivity contribution is 5.90. The molecule has 0 radical (unpaired) electrons. The number of rotatable bonds is 20. The third-order valence-electron chi connectivity index (χ3n) is 12.1. The van der Waals surface area contributed by atoms with Gasteiger partial charge in [0.15, 0.2) is 0 Å². The Balaban J connectivity index is 1.76. The van der Waals surface area contributed by atoms with Gasteiger partial charge in [0.1, 0.15) is 6.04 Å². The molecule has 2 fully saturated rings. The molecule has 1 unspecified atom stereocenters. The van der Waals surface area contributed by atoms with Crippen LogP contribution >= 0.6 is 0 Å². The standard InChI is InChI=1S/C43H74N6O7/c1-12-29(6)38(47(9)43(54)36(27(2)3)46-42(53)37(28(4)5)48-23-17-21-44-22-25-48)34(55-10)26-35(50)49-24-16-20-33(49)40(56-11)30(7)41(52)45-31(8)39(51)32-18-14-13-15-19-32/h13-15,18-19,27-31,33-34,36-40,44,51H,12,16-17,20-26H2,1-11H3,(H,45,52)(H,46,53)/t29-,30+,31+,33-,34?,36-,37-,38-,39+,40+/m0/s1. The number of aliphatic hydroxyl groups excluding tert-OH is 1. The quantitative estimate of drug-likeness (QED) is 0.155. The smallest absolute Gasteiger partial charge is 0.245 e. The number of carbonyl (C=O) groups excluding carboxylic acids is 4. The fourth-order valence-electron chi connectivity index (χ4n) is 8.69. The van der Waals surface area contributed by atoms with Gasteiger partial charge in [-0.3, -0.25) is 24.1 Å². The minimum Gasteiger partial charge on any atom is -0.386 e. The third kappa shape index (κ3) is 12.2. The van der Waals surface area contributed by atoms with Crippen molar-refractivity contribution in [2.24, 2.45) is 23.7 Å². The van der Waals surface area contributed by atoms with Crippen LogP contribution in [-0.4, -0.2) is 140 Å². The topological polar surface area (TPSA) is 153 Å². The van der Waals surface area contributed by atoms with Crippen molar-refractivity contribution < 1.29 is 33.8 Å². The lowest BCUT2D eigenvalue weighted by molar-refractivity contribution is -0.148. The minimum atomic E-state index is -0.877. The third-order valence-corrected chi connectivity index (χ3v) is 12.1. The molecule has 2 aliphatic rings. The van der Waals surface area contributed by atoms with E-state index in [1.165, 1.54) is 0 Å². The van der Waals surface area contributed by atoms with Crippen molar-refractivity contribution in [1.82, 2.24) is 30.7 Å². The van der Waals surface area contributed by atoms with Crippen molar-refractivity contribution in [3.63, 3.8) is 0 Å². The zero-order valence-electron chi connectivity index (χ0n) is 36.1. The zero-order valence-corrected chi connectivity index (χ0v) is 36.1. The first kappa shape index (κ1) is 47.3. The van der Waals surface area contributed by atoms with Crippen molar-refractivity contribution in [1.29, 1.82) is 0 Å². The molecule has 3 rings (SSSR count). The van der Waals surface area contributed by atoms with E-state index in [1.807, 2.05) is 62.9 Å². The van der Waals surface area contributed by atoms with Crippen LogP contribution in [0, 0.1) is 23.7 Å². The zero-order chi connectivity index (χ0) is 41.7. The lowest BCUT2D eigenvalue weighted by atomic mass is 9.89. The Morgan fingerprint density at radius 1 is 0.893 bits per heavy atom. The van der Waals surface area contributed by atoms with Gasteiger partial charge in [-0.05, 0) is 56.0 Å². The molecule has 10 atom stereocenters. The summed E-state index contributed by atoms with van der Waals surface area (Å²) in [6, 6.07) is 6.78. The van der Waals surface area contributed by atoms with Gasteiger partial charge < -0.3 is 40.3 Å². The van der Waals surface area contributed by atoms with Crippen molar-refractivity contribution in [3.05, 3.63) is 35.9 Å². The Labute approximate surface area is 337 Å². The van der Waals surface area contributed by atoms with Crippen LogP contribution in [0.1, 0.15) is 99.2 Å². The molecule has 2 heterocycles. The van der Waals surface area contributed by atoms with Gasteiger partial charge in [0.05, 0.1) is 54.8 Å². The molecule has 13 heteroatoms. The summed E-state index contributed by atoms with van der Waals surface area (Å²) in [7, 11) is 4.90. The summed E-state index contributed by atoms with van der Waals surface area (Å²) >= 11 is 0. The monoisotopic (exact) mass is 787 g/mol. The molecule has 0 aliphatic carbocycles. The molecule has 2 aliphatic heterocycles. The van der Waals surface area contributed by atoms with E-state index in [0.717, 1.165) is 45.4 Å². The molecule has 0 spiro atoms. The fourth-order valence-corrected chi connectivity index (χ4v) is 8.69. The second-order valence-corrected chi connectivity index (χ2v) is 16.8. The number of hydrogen-bond donors (Lipinski definition) is 4. The first-order valence-electron chi connectivity index (χ1n) is 21.0. The second kappa shape index (κ2) is 22.7. The van der Waals surface area contributed by atoms with Gasteiger partial charge in [0, 0.05) is 47.4 Å². The maximum atomic E-state index is 14.5. The first-order chi connectivity index (χ1) is 26.6. The summed E-state index contributed by atoms with van der Waals surface area (Å²) in [5.74, 6) is -1.48. The number of methoxy groups -OCH3 is 2. The Kier molecular flexibility index (Phi) is 19.2. The van der Waals surface area contributed by atoms with Gasteiger partial charge in [-0.25, -0.2) is 0 Å². The molecular weight excluding hydrogens is 713 g/mol. The summed E-state index contributed by atoms with van der Waals surface area (Å²) in [4.78, 5) is 61.9. The van der Waals surface area contributed by atoms with Crippen LogP contribution in [0.25, 0.3) is 0 Å². The van der Waals surface area contributed by atoms with Gasteiger partial charge in [-0.1, -0.05) is 85.2 Å². The summed E-state index contributed by atoms with van der Waals surface area (Å²) in [6.45, 7) is 19.5. The van der Waals surface area contributed by atoms with Crippen molar-refractivity contribution in [2.45, 2.75) is 136 Å². The lowest BCUT2D eigenvalue weighted by Gasteiger charge is -2.41. The molecule has 4 N–H and O–H groups in total. The first-order valence-corrected chi connectivity index (χ1v) is 21.0. The lowest BCUT2D eigenvalue weighted by Crippen LogP contribution is -2.60. The van der Waals surface area contributed by atoms with E-state index in [9.17, 15) is 24.3 Å². The van der Waals surface area contributed by atoms with Gasteiger partial charge in [0.2, 0.25) is 23.6 Å². The summed E-state index contributed by atoms with van der Waals surface area (Å²) < 4.78 is 12.0. The molecule has 0 aromatic heterocycles. The number of nitrogens with one attached hydrogen (secondary N) is 3. The predicted octanol–water partition coefficient (Wildman–Crippen LogP) is 3.61. The van der Waals surface area contributed by atoms with E-state index < -0.39 is 42.4 Å². The average molecular weight is 787 g/mol. The van der Waals surface area contributed by atoms with E-state index in [2.05, 4.69) is 34.7 Å². The van der Waals surface area contributed by atoms with E-state index in [4.69, 9.17) is 9.47 Å². The van der Waals surface area contributed by atoms with E-state index >= 15 is 0 Å². The van der Waals surface area contributed by atoms with Crippen LogP contribution in [0.15, 0.2) is 30.3 Å². The van der Waals surface area contributed by atoms with Crippen LogP contribution in [0.5, 0.6) is 0 Å². The number of likely N-dealkylation sites (tertiary alicyclic amines) is 1. The summed E-state index contributed by atoms with van der Waals surface area (Å²) in [5.41, 5.74) is 0.713. The maximum Gasteiger partial charge on any atom is 0.245 e. The van der Waals surface area contributed by atoms with Crippen LogP contribution in [0.2, 0.25) is 0 Å². The van der Waals surface area contributed by atoms with Crippen molar-refractivity contribution in [3.8, 4) is 0 Å². The van der Waals surface area contributed by atoms with Gasteiger partial charge >= 0.3 is 0 Å². The largest absolute Gasteiger partial charge is 0.386 e. The predicted molar refractivity (Wildman–Crippen MR) is 220 cm³/mol. The summed E-state index contributed by atoms with van der Waals surface area (Å²) in [6.07, 6.45) is 1.11. The molecule has 318 valence electrons. The second-order valence-electron chi connectivity index (χ2n) is 16.8. The van der Waals surface area contributed by atoms with Gasteiger partial charge in [-0.15, -0.1) is 0 Å². The minimum absolute atomic E-state index is 0.0173. The van der Waals surface area contributed by atoms with E-state index in [-0.39, 0.29) is 59.9 Å². The van der Waals surface area contributed by atoms with E-state index in [1.54, 1.807) is 40.0 Å². The Morgan fingerprint density at radius 3 is 2.16 bits per heavy atom. The SMILES string of the molecule is CC[C@H](C)[C@@H](C(CC(=O)N1CCC[C@H]1[C@H](OC)[C@@H](C)C(=O)N[C@H](C)[C@@H](O)c1ccccc1)OC)N(C)C(=O)[C@@H](NC(=O)[C@H](C(C)C)N1CCCNCC1)C(C)C. The molecule has 0 saturated carbocycles. The molecule has 56 heavy (non-hydrogen) atoms. The number of nitrogens with zero attached hydrogens (tertiary/aromatic N) is 3. The van der Waals surface area contributed by atoms with Crippen LogP contribution in [-0.2, 0) is 28.7 Å². The molecule has 1 aromatic carbocycles. The Hall–Kier alpha value is -3.10. The highest BCUT2D eigenvalue weighted by atomic mass is 16.5. The number of aliphatic hydroxyl groups is 1. The maximum absolute atomic E-state index is 14.5. The number of hydrogen-bond acceptors (Lipinski definition) is 9. The normalized spacial score (nSPS) is 21.6. The van der Waals surface area contributed by atoms with Crippen LogP contribution < -0.4 is 16.0 Å². The molecule has 0 bridgehead atoms. The van der Waals surface area contributed by atoms with Crippen molar-refractivity contribution in [2.75, 3.05) is 54.0 Å². The van der Waals surface area contributed by atoms with Crippen LogP contribution in [0.3, 0.4) is 0 Å². The Morgan fingerprint density at radius 2 is 1.57 bits per heavy atom. The highest BCUT2D eigenvalue weighted by Gasteiger charge is 2.43.